The third kappa shape index (κ3) is 5.00. The van der Waals surface area contributed by atoms with Crippen LogP contribution in [0.4, 0.5) is 5.69 Å². The van der Waals surface area contributed by atoms with E-state index in [1.54, 1.807) is 12.1 Å². The van der Waals surface area contributed by atoms with E-state index in [1.807, 2.05) is 6.92 Å². The van der Waals surface area contributed by atoms with Crippen LogP contribution >= 0.6 is 23.2 Å². The highest BCUT2D eigenvalue weighted by Crippen LogP contribution is 2.38. The lowest BCUT2D eigenvalue weighted by Crippen LogP contribution is -2.24. The largest absolute Gasteiger partial charge is 0.343 e. The Balaban J connectivity index is 1.49. The maximum Gasteiger partial charge on any atom is 0.261 e. The Morgan fingerprint density at radius 2 is 1.94 bits per heavy atom. The molecule has 0 unspecified atom stereocenters. The highest BCUT2D eigenvalue weighted by Gasteiger charge is 2.28. The van der Waals surface area contributed by atoms with Gasteiger partial charge in [0.1, 0.15) is 0 Å². The lowest BCUT2D eigenvalue weighted by molar-refractivity contribution is 0.0946. The van der Waals surface area contributed by atoms with Crippen LogP contribution in [0.2, 0.25) is 10.0 Å². The number of hydrogen-bond acceptors (Lipinski definition) is 6. The van der Waals surface area contributed by atoms with Gasteiger partial charge in [0, 0.05) is 10.9 Å². The minimum atomic E-state index is -3.97. The van der Waals surface area contributed by atoms with Crippen molar-refractivity contribution in [2.45, 2.75) is 37.1 Å². The average molecular weight is 481 g/mol. The summed E-state index contributed by atoms with van der Waals surface area (Å²) >= 11 is 12.2. The molecule has 0 bridgehead atoms. The molecule has 1 aliphatic rings. The predicted octanol–water partition coefficient (Wildman–Crippen LogP) is 4.29. The maximum atomic E-state index is 12.8. The number of carbonyl (C=O) groups is 1. The molecule has 1 amide bonds. The molecule has 0 atom stereocenters. The zero-order chi connectivity index (χ0) is 22.2. The van der Waals surface area contributed by atoms with Crippen LogP contribution in [0.15, 0.2) is 45.8 Å². The molecule has 3 aromatic rings. The second kappa shape index (κ2) is 8.49. The summed E-state index contributed by atoms with van der Waals surface area (Å²) in [7, 11) is -3.97. The van der Waals surface area contributed by atoms with Crippen molar-refractivity contribution >= 4 is 44.8 Å². The molecule has 0 spiro atoms. The van der Waals surface area contributed by atoms with E-state index in [2.05, 4.69) is 20.2 Å². The van der Waals surface area contributed by atoms with Gasteiger partial charge in [-0.05, 0) is 55.7 Å². The Morgan fingerprint density at radius 1 is 1.16 bits per heavy atom. The number of benzene rings is 2. The lowest BCUT2D eigenvalue weighted by atomic mass is 10.2. The van der Waals surface area contributed by atoms with Gasteiger partial charge in [0.25, 0.3) is 15.9 Å². The van der Waals surface area contributed by atoms with Crippen LogP contribution in [0.5, 0.6) is 0 Å². The van der Waals surface area contributed by atoms with E-state index in [0.29, 0.717) is 22.5 Å². The smallest absolute Gasteiger partial charge is 0.261 e. The third-order valence-electron chi connectivity index (χ3n) is 4.74. The second-order valence-electron chi connectivity index (χ2n) is 7.21. The molecule has 1 fully saturated rings. The summed E-state index contributed by atoms with van der Waals surface area (Å²) in [5, 5.41) is 7.05. The molecule has 1 aliphatic carbocycles. The number of nitrogens with one attached hydrogen (secondary N) is 2. The highest BCUT2D eigenvalue weighted by atomic mass is 35.5. The summed E-state index contributed by atoms with van der Waals surface area (Å²) in [6.07, 6.45) is 2.07. The fourth-order valence-corrected chi connectivity index (χ4v) is 4.27. The number of sulfonamides is 1. The van der Waals surface area contributed by atoms with Gasteiger partial charge < -0.3 is 9.84 Å². The maximum absolute atomic E-state index is 12.8. The molecule has 0 radical (unpaired) electrons. The Labute approximate surface area is 189 Å². The highest BCUT2D eigenvalue weighted by molar-refractivity contribution is 7.92. The normalized spacial score (nSPS) is 13.8. The number of nitrogens with zero attached hydrogens (tertiary/aromatic N) is 2. The van der Waals surface area contributed by atoms with E-state index in [9.17, 15) is 13.2 Å². The second-order valence-corrected chi connectivity index (χ2v) is 9.71. The number of aromatic nitrogens is 2. The van der Waals surface area contributed by atoms with E-state index in [4.69, 9.17) is 27.7 Å². The minimum absolute atomic E-state index is 0.00593. The van der Waals surface area contributed by atoms with Crippen LogP contribution in [-0.2, 0) is 16.6 Å². The first kappa shape index (κ1) is 21.6. The van der Waals surface area contributed by atoms with Crippen molar-refractivity contribution in [3.05, 3.63) is 69.3 Å². The molecule has 2 aromatic carbocycles. The molecule has 2 N–H and O–H groups in total. The average Bonchev–Trinajstić information content (AvgIpc) is 3.47. The summed E-state index contributed by atoms with van der Waals surface area (Å²) in [5.74, 6) is 0.678. The van der Waals surface area contributed by atoms with Crippen LogP contribution in [0.1, 0.15) is 46.4 Å². The van der Waals surface area contributed by atoms with Crippen molar-refractivity contribution in [1.29, 1.82) is 0 Å². The molecule has 8 nitrogen and oxygen atoms in total. The van der Waals surface area contributed by atoms with Gasteiger partial charge in [0.05, 0.1) is 27.7 Å². The SMILES string of the molecule is Cc1ccc(NS(=O)(=O)c2ccc(Cl)c(C(=O)NCc3nc(C4CC4)no3)c2)cc1Cl. The van der Waals surface area contributed by atoms with E-state index < -0.39 is 15.9 Å². The van der Waals surface area contributed by atoms with E-state index in [1.165, 1.54) is 24.3 Å². The van der Waals surface area contributed by atoms with Gasteiger partial charge in [-0.15, -0.1) is 0 Å². The quantitative estimate of drug-likeness (QED) is 0.520. The third-order valence-corrected chi connectivity index (χ3v) is 6.86. The molecular weight excluding hydrogens is 463 g/mol. The Kier molecular flexibility index (Phi) is 5.92. The first-order valence-corrected chi connectivity index (χ1v) is 11.7. The molecule has 11 heteroatoms. The van der Waals surface area contributed by atoms with Gasteiger partial charge in [0.15, 0.2) is 5.82 Å². The molecule has 1 aromatic heterocycles. The lowest BCUT2D eigenvalue weighted by Gasteiger charge is -2.11. The summed E-state index contributed by atoms with van der Waals surface area (Å²) in [4.78, 5) is 16.7. The van der Waals surface area contributed by atoms with Crippen LogP contribution in [0.3, 0.4) is 0 Å². The van der Waals surface area contributed by atoms with Crippen LogP contribution in [-0.4, -0.2) is 24.5 Å². The fourth-order valence-electron chi connectivity index (χ4n) is 2.81. The van der Waals surface area contributed by atoms with Crippen molar-refractivity contribution in [2.75, 3.05) is 4.72 Å². The van der Waals surface area contributed by atoms with E-state index >= 15 is 0 Å². The monoisotopic (exact) mass is 480 g/mol. The van der Waals surface area contributed by atoms with Crippen molar-refractivity contribution in [3.63, 3.8) is 0 Å². The number of carbonyl (C=O) groups excluding carboxylic acids is 1. The van der Waals surface area contributed by atoms with Crippen molar-refractivity contribution in [2.24, 2.45) is 0 Å². The van der Waals surface area contributed by atoms with Crippen molar-refractivity contribution in [1.82, 2.24) is 15.5 Å². The number of hydrogen-bond donors (Lipinski definition) is 2. The summed E-state index contributed by atoms with van der Waals surface area (Å²) in [5.41, 5.74) is 1.13. The van der Waals surface area contributed by atoms with Crippen LogP contribution in [0.25, 0.3) is 0 Å². The first-order chi connectivity index (χ1) is 14.7. The summed E-state index contributed by atoms with van der Waals surface area (Å²) in [6.45, 7) is 1.82. The van der Waals surface area contributed by atoms with Gasteiger partial charge in [-0.3, -0.25) is 9.52 Å². The molecule has 0 aliphatic heterocycles. The number of halogens is 2. The van der Waals surface area contributed by atoms with E-state index in [-0.39, 0.29) is 27.9 Å². The Morgan fingerprint density at radius 3 is 2.65 bits per heavy atom. The number of anilines is 1. The number of rotatable bonds is 7. The molecule has 162 valence electrons. The molecular formula is C20H18Cl2N4O4S. The molecule has 1 saturated carbocycles. The Bertz CT molecular complexity index is 1260. The van der Waals surface area contributed by atoms with Crippen molar-refractivity contribution < 1.29 is 17.7 Å². The van der Waals surface area contributed by atoms with Gasteiger partial charge in [-0.2, -0.15) is 4.98 Å². The van der Waals surface area contributed by atoms with Gasteiger partial charge in [0.2, 0.25) is 5.89 Å². The van der Waals surface area contributed by atoms with Crippen LogP contribution < -0.4 is 10.0 Å². The molecule has 1 heterocycles. The topological polar surface area (TPSA) is 114 Å². The van der Waals surface area contributed by atoms with Gasteiger partial charge >= 0.3 is 0 Å². The number of amides is 1. The first-order valence-electron chi connectivity index (χ1n) is 9.42. The predicted molar refractivity (Wildman–Crippen MR) is 116 cm³/mol. The van der Waals surface area contributed by atoms with Crippen LogP contribution in [0, 0.1) is 6.92 Å². The van der Waals surface area contributed by atoms with Gasteiger partial charge in [-0.25, -0.2) is 8.42 Å². The van der Waals surface area contributed by atoms with Crippen molar-refractivity contribution in [3.8, 4) is 0 Å². The standard InChI is InChI=1S/C20H18Cl2N4O4S/c1-11-2-5-13(8-17(11)22)26-31(28,29)14-6-7-16(21)15(9-14)20(27)23-10-18-24-19(25-30-18)12-3-4-12/h2,5-9,12,26H,3-4,10H2,1H3,(H,23,27). The molecule has 4 rings (SSSR count). The van der Waals surface area contributed by atoms with Gasteiger partial charge in [-0.1, -0.05) is 34.4 Å². The zero-order valence-electron chi connectivity index (χ0n) is 16.4. The fraction of sp³-hybridized carbons (Fsp3) is 0.250. The summed E-state index contributed by atoms with van der Waals surface area (Å²) in [6, 6.07) is 8.69. The number of aryl methyl sites for hydroxylation is 1. The molecule has 0 saturated heterocycles. The molecule has 31 heavy (non-hydrogen) atoms. The zero-order valence-corrected chi connectivity index (χ0v) is 18.7. The minimum Gasteiger partial charge on any atom is -0.343 e. The Hall–Kier alpha value is -2.62. The van der Waals surface area contributed by atoms with E-state index in [0.717, 1.165) is 18.4 Å². The summed E-state index contributed by atoms with van der Waals surface area (Å²) < 4.78 is 33.1.